The third-order valence-electron chi connectivity index (χ3n) is 4.21. The molecular formula is C20H21NO3. The van der Waals surface area contributed by atoms with Gasteiger partial charge in [0.25, 0.3) is 0 Å². The molecule has 0 spiro atoms. The van der Waals surface area contributed by atoms with E-state index in [0.717, 1.165) is 17.0 Å². The number of methoxy groups -OCH3 is 1. The highest BCUT2D eigenvalue weighted by molar-refractivity contribution is 5.81. The third-order valence-corrected chi connectivity index (χ3v) is 4.21. The standard InChI is InChI=1S/C20H21NO3/c1-21-17(13-16-5-3-4-6-19(16)21)14-24-18-10-7-15(8-11-18)9-12-20(22)23-2/h3-8,10-11,13H,9,12,14H2,1-2H3. The quantitative estimate of drug-likeness (QED) is 0.647. The molecule has 0 fully saturated rings. The van der Waals surface area contributed by atoms with Crippen molar-refractivity contribution in [2.24, 2.45) is 7.05 Å². The van der Waals surface area contributed by atoms with Gasteiger partial charge in [-0.3, -0.25) is 4.79 Å². The van der Waals surface area contributed by atoms with Crippen molar-refractivity contribution < 1.29 is 14.3 Å². The number of nitrogens with zero attached hydrogens (tertiary/aromatic N) is 1. The minimum absolute atomic E-state index is 0.189. The van der Waals surface area contributed by atoms with Gasteiger partial charge in [0.1, 0.15) is 12.4 Å². The van der Waals surface area contributed by atoms with Gasteiger partial charge in [0.15, 0.2) is 0 Å². The van der Waals surface area contributed by atoms with Gasteiger partial charge in [0, 0.05) is 19.0 Å². The van der Waals surface area contributed by atoms with Crippen molar-refractivity contribution >= 4 is 16.9 Å². The van der Waals surface area contributed by atoms with Gasteiger partial charge in [0.2, 0.25) is 0 Å². The van der Waals surface area contributed by atoms with Crippen molar-refractivity contribution in [2.45, 2.75) is 19.4 Å². The Morgan fingerprint density at radius 1 is 1.08 bits per heavy atom. The van der Waals surface area contributed by atoms with E-state index in [9.17, 15) is 4.79 Å². The van der Waals surface area contributed by atoms with E-state index < -0.39 is 0 Å². The number of ether oxygens (including phenoxy) is 2. The van der Waals surface area contributed by atoms with E-state index in [4.69, 9.17) is 4.74 Å². The molecular weight excluding hydrogens is 302 g/mol. The maximum atomic E-state index is 11.2. The fourth-order valence-corrected chi connectivity index (χ4v) is 2.74. The molecule has 3 aromatic rings. The summed E-state index contributed by atoms with van der Waals surface area (Å²) in [6.45, 7) is 0.521. The van der Waals surface area contributed by atoms with Crippen LogP contribution in [0, 0.1) is 0 Å². The first-order chi connectivity index (χ1) is 11.7. The van der Waals surface area contributed by atoms with Crippen LogP contribution in [0.15, 0.2) is 54.6 Å². The molecule has 0 unspecified atom stereocenters. The molecule has 4 heteroatoms. The second-order valence-electron chi connectivity index (χ2n) is 5.76. The number of esters is 1. The summed E-state index contributed by atoms with van der Waals surface area (Å²) in [5.41, 5.74) is 3.43. The van der Waals surface area contributed by atoms with Crippen LogP contribution in [0.2, 0.25) is 0 Å². The summed E-state index contributed by atoms with van der Waals surface area (Å²) in [4.78, 5) is 11.2. The molecule has 0 amide bonds. The van der Waals surface area contributed by atoms with Crippen molar-refractivity contribution in [3.63, 3.8) is 0 Å². The normalized spacial score (nSPS) is 10.8. The van der Waals surface area contributed by atoms with Crippen molar-refractivity contribution in [1.29, 1.82) is 0 Å². The zero-order valence-corrected chi connectivity index (χ0v) is 14.0. The van der Waals surface area contributed by atoms with Crippen LogP contribution in [0.3, 0.4) is 0 Å². The lowest BCUT2D eigenvalue weighted by molar-refractivity contribution is -0.140. The molecule has 4 nitrogen and oxygen atoms in total. The Morgan fingerprint density at radius 2 is 1.83 bits per heavy atom. The molecule has 0 aliphatic carbocycles. The minimum atomic E-state index is -0.189. The first-order valence-electron chi connectivity index (χ1n) is 7.99. The number of rotatable bonds is 6. The van der Waals surface area contributed by atoms with Crippen LogP contribution in [-0.2, 0) is 29.6 Å². The summed E-state index contributed by atoms with van der Waals surface area (Å²) in [7, 11) is 3.46. The van der Waals surface area contributed by atoms with Gasteiger partial charge in [-0.25, -0.2) is 0 Å². The molecule has 0 saturated carbocycles. The number of carbonyl (C=O) groups is 1. The highest BCUT2D eigenvalue weighted by Crippen LogP contribution is 2.20. The summed E-state index contributed by atoms with van der Waals surface area (Å²) in [5.74, 6) is 0.633. The van der Waals surface area contributed by atoms with Crippen LogP contribution in [0.5, 0.6) is 5.75 Å². The fourth-order valence-electron chi connectivity index (χ4n) is 2.74. The Kier molecular flexibility index (Phi) is 4.85. The number of hydrogen-bond acceptors (Lipinski definition) is 3. The SMILES string of the molecule is COC(=O)CCc1ccc(OCc2cc3ccccc3n2C)cc1. The summed E-state index contributed by atoms with van der Waals surface area (Å²) >= 11 is 0. The largest absolute Gasteiger partial charge is 0.487 e. The maximum absolute atomic E-state index is 11.2. The van der Waals surface area contributed by atoms with Crippen LogP contribution < -0.4 is 4.74 Å². The van der Waals surface area contributed by atoms with Crippen LogP contribution in [0.1, 0.15) is 17.7 Å². The van der Waals surface area contributed by atoms with E-state index in [0.29, 0.717) is 19.4 Å². The second kappa shape index (κ2) is 7.21. The molecule has 0 N–H and O–H groups in total. The first kappa shape index (κ1) is 16.1. The molecule has 0 aliphatic rings. The van der Waals surface area contributed by atoms with Crippen LogP contribution in [0.4, 0.5) is 0 Å². The van der Waals surface area contributed by atoms with Gasteiger partial charge < -0.3 is 14.0 Å². The second-order valence-corrected chi connectivity index (χ2v) is 5.76. The predicted molar refractivity (Wildman–Crippen MR) is 94.0 cm³/mol. The highest BCUT2D eigenvalue weighted by Gasteiger charge is 2.06. The summed E-state index contributed by atoms with van der Waals surface area (Å²) in [5, 5.41) is 1.22. The molecule has 1 aromatic heterocycles. The van der Waals surface area contributed by atoms with Crippen molar-refractivity contribution in [1.82, 2.24) is 4.57 Å². The average molecular weight is 323 g/mol. The molecule has 124 valence electrons. The van der Waals surface area contributed by atoms with E-state index in [1.54, 1.807) is 0 Å². The molecule has 2 aromatic carbocycles. The Labute approximate surface area is 141 Å². The highest BCUT2D eigenvalue weighted by atomic mass is 16.5. The van der Waals surface area contributed by atoms with Gasteiger partial charge in [-0.15, -0.1) is 0 Å². The van der Waals surface area contributed by atoms with Crippen molar-refractivity contribution in [2.75, 3.05) is 7.11 Å². The summed E-state index contributed by atoms with van der Waals surface area (Å²) in [6.07, 6.45) is 1.07. The molecule has 0 aliphatic heterocycles. The average Bonchev–Trinajstić information content (AvgIpc) is 2.95. The summed E-state index contributed by atoms with van der Waals surface area (Å²) in [6, 6.07) is 18.3. The van der Waals surface area contributed by atoms with E-state index in [2.05, 4.69) is 34.6 Å². The fraction of sp³-hybridized carbons (Fsp3) is 0.250. The maximum Gasteiger partial charge on any atom is 0.305 e. The Hall–Kier alpha value is -2.75. The number of para-hydroxylation sites is 1. The zero-order valence-electron chi connectivity index (χ0n) is 14.0. The molecule has 0 radical (unpaired) electrons. The van der Waals surface area contributed by atoms with E-state index in [1.807, 2.05) is 36.4 Å². The molecule has 3 rings (SSSR count). The zero-order chi connectivity index (χ0) is 16.9. The smallest absolute Gasteiger partial charge is 0.305 e. The number of fused-ring (bicyclic) bond motifs is 1. The summed E-state index contributed by atoms with van der Waals surface area (Å²) < 4.78 is 12.7. The molecule has 24 heavy (non-hydrogen) atoms. The Bertz CT molecular complexity index is 834. The molecule has 0 saturated heterocycles. The Balaban J connectivity index is 1.61. The van der Waals surface area contributed by atoms with Crippen LogP contribution in [0.25, 0.3) is 10.9 Å². The van der Waals surface area contributed by atoms with Gasteiger partial charge in [-0.1, -0.05) is 30.3 Å². The van der Waals surface area contributed by atoms with Gasteiger partial charge in [0.05, 0.1) is 12.8 Å². The number of carbonyl (C=O) groups excluding carboxylic acids is 1. The topological polar surface area (TPSA) is 40.5 Å². The van der Waals surface area contributed by atoms with Crippen LogP contribution in [-0.4, -0.2) is 17.6 Å². The minimum Gasteiger partial charge on any atom is -0.487 e. The van der Waals surface area contributed by atoms with Crippen molar-refractivity contribution in [3.8, 4) is 5.75 Å². The lowest BCUT2D eigenvalue weighted by Gasteiger charge is -2.08. The number of benzene rings is 2. The monoisotopic (exact) mass is 323 g/mol. The van der Waals surface area contributed by atoms with Crippen molar-refractivity contribution in [3.05, 3.63) is 65.9 Å². The number of aryl methyl sites for hydroxylation is 2. The Morgan fingerprint density at radius 3 is 2.54 bits per heavy atom. The molecule has 0 bridgehead atoms. The molecule has 1 heterocycles. The number of hydrogen-bond donors (Lipinski definition) is 0. The predicted octanol–water partition coefficient (Wildman–Crippen LogP) is 3.86. The van der Waals surface area contributed by atoms with Gasteiger partial charge in [-0.2, -0.15) is 0 Å². The first-order valence-corrected chi connectivity index (χ1v) is 7.99. The van der Waals surface area contributed by atoms with Gasteiger partial charge >= 0.3 is 5.97 Å². The molecule has 0 atom stereocenters. The third kappa shape index (κ3) is 3.59. The lowest BCUT2D eigenvalue weighted by Crippen LogP contribution is -2.03. The van der Waals surface area contributed by atoms with Crippen LogP contribution >= 0.6 is 0 Å². The number of aromatic nitrogens is 1. The van der Waals surface area contributed by atoms with Gasteiger partial charge in [-0.05, 0) is 41.6 Å². The lowest BCUT2D eigenvalue weighted by atomic mass is 10.1. The van der Waals surface area contributed by atoms with E-state index in [1.165, 1.54) is 18.0 Å². The van der Waals surface area contributed by atoms with E-state index >= 15 is 0 Å². The van der Waals surface area contributed by atoms with E-state index in [-0.39, 0.29) is 5.97 Å².